The van der Waals surface area contributed by atoms with Gasteiger partial charge in [-0.05, 0) is 41.5 Å². The maximum Gasteiger partial charge on any atom is 0.231 e. The molecule has 0 atom stereocenters. The van der Waals surface area contributed by atoms with Crippen molar-refractivity contribution in [3.05, 3.63) is 128 Å². The van der Waals surface area contributed by atoms with Crippen molar-refractivity contribution >= 4 is 44.0 Å². The number of furan rings is 2. The van der Waals surface area contributed by atoms with Crippen molar-refractivity contribution in [2.24, 2.45) is 0 Å². The molecule has 0 bridgehead atoms. The maximum absolute atomic E-state index is 6.31. The van der Waals surface area contributed by atoms with Crippen LogP contribution in [0.1, 0.15) is 0 Å². The first-order chi connectivity index (χ1) is 21.8. The van der Waals surface area contributed by atoms with Crippen molar-refractivity contribution in [1.29, 1.82) is 0 Å². The van der Waals surface area contributed by atoms with Crippen LogP contribution in [0.3, 0.4) is 0 Å². The summed E-state index contributed by atoms with van der Waals surface area (Å²) in [4.78, 5) is 23.7. The molecule has 0 saturated heterocycles. The van der Waals surface area contributed by atoms with Crippen LogP contribution in [-0.4, -0.2) is 24.9 Å². The zero-order valence-corrected chi connectivity index (χ0v) is 23.2. The lowest BCUT2D eigenvalue weighted by molar-refractivity contribution is 0.653. The number of fused-ring (bicyclic) bond motifs is 6. The van der Waals surface area contributed by atoms with Crippen LogP contribution in [-0.2, 0) is 0 Å². The number of nitrogens with zero attached hydrogens (tertiary/aromatic N) is 5. The summed E-state index contributed by atoms with van der Waals surface area (Å²) in [5, 5.41) is 3.82. The molecule has 0 saturated carbocycles. The van der Waals surface area contributed by atoms with Crippen LogP contribution < -0.4 is 0 Å². The summed E-state index contributed by atoms with van der Waals surface area (Å²) in [5.41, 5.74) is 7.38. The predicted molar refractivity (Wildman–Crippen MR) is 172 cm³/mol. The molecule has 206 valence electrons. The molecule has 7 heteroatoms. The summed E-state index contributed by atoms with van der Waals surface area (Å²) in [7, 11) is 0. The van der Waals surface area contributed by atoms with Gasteiger partial charge >= 0.3 is 0 Å². The number of para-hydroxylation sites is 1. The van der Waals surface area contributed by atoms with Crippen molar-refractivity contribution in [3.8, 4) is 45.4 Å². The molecular weight excluding hydrogens is 546 g/mol. The van der Waals surface area contributed by atoms with Gasteiger partial charge in [0.1, 0.15) is 28.8 Å². The van der Waals surface area contributed by atoms with Gasteiger partial charge in [-0.15, -0.1) is 0 Å². The van der Waals surface area contributed by atoms with Gasteiger partial charge in [0.2, 0.25) is 5.71 Å². The lowest BCUT2D eigenvalue weighted by atomic mass is 10.0. The SMILES string of the molecule is c1ccc(-c2nc(-c3ccccc3)nc(-c3ncnc4oc5cc(-c6ccc7oc8ccccc8c7c6)ccc5c34)n2)cc1. The molecule has 0 fully saturated rings. The highest BCUT2D eigenvalue weighted by Crippen LogP contribution is 2.37. The second-order valence-corrected chi connectivity index (χ2v) is 10.6. The van der Waals surface area contributed by atoms with Gasteiger partial charge in [-0.3, -0.25) is 0 Å². The Morgan fingerprint density at radius 2 is 1.05 bits per heavy atom. The summed E-state index contributed by atoms with van der Waals surface area (Å²) in [6.07, 6.45) is 1.49. The molecule has 4 aromatic heterocycles. The lowest BCUT2D eigenvalue weighted by Gasteiger charge is -2.08. The Labute approximate surface area is 250 Å². The standard InChI is InChI=1S/C37H21N5O2/c1-3-9-22(10-4-1)34-40-35(23-11-5-2-6-12-23)42-36(41-34)33-32-27-17-15-25(20-31(27)44-37(32)39-21-38-33)24-16-18-30-28(19-24)26-13-7-8-14-29(26)43-30/h1-21H. The van der Waals surface area contributed by atoms with Gasteiger partial charge in [0.15, 0.2) is 17.5 Å². The summed E-state index contributed by atoms with van der Waals surface area (Å²) in [6.45, 7) is 0. The highest BCUT2D eigenvalue weighted by atomic mass is 16.3. The Hall–Kier alpha value is -6.21. The molecule has 4 heterocycles. The van der Waals surface area contributed by atoms with Gasteiger partial charge in [-0.25, -0.2) is 24.9 Å². The molecule has 9 rings (SSSR count). The van der Waals surface area contributed by atoms with Crippen molar-refractivity contribution in [2.45, 2.75) is 0 Å². The van der Waals surface area contributed by atoms with E-state index in [9.17, 15) is 0 Å². The van der Waals surface area contributed by atoms with E-state index in [4.69, 9.17) is 23.8 Å². The van der Waals surface area contributed by atoms with E-state index < -0.39 is 0 Å². The molecule has 0 aliphatic carbocycles. The average Bonchev–Trinajstić information content (AvgIpc) is 3.66. The quantitative estimate of drug-likeness (QED) is 0.209. The fourth-order valence-electron chi connectivity index (χ4n) is 5.78. The van der Waals surface area contributed by atoms with Crippen molar-refractivity contribution in [2.75, 3.05) is 0 Å². The third-order valence-electron chi connectivity index (χ3n) is 7.89. The van der Waals surface area contributed by atoms with Gasteiger partial charge < -0.3 is 8.83 Å². The van der Waals surface area contributed by atoms with Gasteiger partial charge in [0.25, 0.3) is 0 Å². The van der Waals surface area contributed by atoms with E-state index >= 15 is 0 Å². The van der Waals surface area contributed by atoms with Crippen molar-refractivity contribution < 1.29 is 8.83 Å². The monoisotopic (exact) mass is 567 g/mol. The van der Waals surface area contributed by atoms with E-state index in [-0.39, 0.29) is 0 Å². The molecule has 0 spiro atoms. The number of rotatable bonds is 4. The van der Waals surface area contributed by atoms with Crippen LogP contribution in [0.4, 0.5) is 0 Å². The number of hydrogen-bond donors (Lipinski definition) is 0. The molecule has 0 amide bonds. The largest absolute Gasteiger partial charge is 0.456 e. The van der Waals surface area contributed by atoms with Gasteiger partial charge in [0, 0.05) is 27.3 Å². The highest BCUT2D eigenvalue weighted by molar-refractivity contribution is 6.11. The Morgan fingerprint density at radius 3 is 1.82 bits per heavy atom. The fraction of sp³-hybridized carbons (Fsp3) is 0. The van der Waals surface area contributed by atoms with Gasteiger partial charge in [-0.1, -0.05) is 91.0 Å². The minimum absolute atomic E-state index is 0.453. The number of aromatic nitrogens is 5. The van der Waals surface area contributed by atoms with E-state index in [1.807, 2.05) is 91.0 Å². The molecule has 0 N–H and O–H groups in total. The normalized spacial score (nSPS) is 11.6. The van der Waals surface area contributed by atoms with Gasteiger partial charge in [-0.2, -0.15) is 0 Å². The third kappa shape index (κ3) is 3.94. The van der Waals surface area contributed by atoms with Crippen LogP contribution in [0, 0.1) is 0 Å². The van der Waals surface area contributed by atoms with E-state index in [1.165, 1.54) is 6.33 Å². The molecule has 0 aliphatic rings. The summed E-state index contributed by atoms with van der Waals surface area (Å²) in [5.74, 6) is 1.59. The second kappa shape index (κ2) is 9.68. The Kier molecular flexibility index (Phi) is 5.36. The van der Waals surface area contributed by atoms with Crippen LogP contribution >= 0.6 is 0 Å². The zero-order chi connectivity index (χ0) is 29.0. The Bertz CT molecular complexity index is 2440. The predicted octanol–water partition coefficient (Wildman–Crippen LogP) is 9.13. The Morgan fingerprint density at radius 1 is 0.409 bits per heavy atom. The average molecular weight is 568 g/mol. The first kappa shape index (κ1) is 24.4. The minimum atomic E-state index is 0.453. The topological polar surface area (TPSA) is 90.7 Å². The molecular formula is C37H21N5O2. The smallest absolute Gasteiger partial charge is 0.231 e. The summed E-state index contributed by atoms with van der Waals surface area (Å²) in [6, 6.07) is 40.3. The van der Waals surface area contributed by atoms with Crippen molar-refractivity contribution in [1.82, 2.24) is 24.9 Å². The van der Waals surface area contributed by atoms with Crippen LogP contribution in [0.5, 0.6) is 0 Å². The molecule has 0 unspecified atom stereocenters. The van der Waals surface area contributed by atoms with Crippen LogP contribution in [0.15, 0.2) is 136 Å². The fourth-order valence-corrected chi connectivity index (χ4v) is 5.78. The Balaban J connectivity index is 1.21. The zero-order valence-electron chi connectivity index (χ0n) is 23.2. The lowest BCUT2D eigenvalue weighted by Crippen LogP contribution is -2.01. The number of hydrogen-bond acceptors (Lipinski definition) is 7. The molecule has 0 aliphatic heterocycles. The van der Waals surface area contributed by atoms with Crippen LogP contribution in [0.2, 0.25) is 0 Å². The maximum atomic E-state index is 6.31. The van der Waals surface area contributed by atoms with Gasteiger partial charge in [0.05, 0.1) is 5.39 Å². The van der Waals surface area contributed by atoms with E-state index in [0.29, 0.717) is 34.5 Å². The molecule has 5 aromatic carbocycles. The summed E-state index contributed by atoms with van der Waals surface area (Å²) >= 11 is 0. The molecule has 9 aromatic rings. The minimum Gasteiger partial charge on any atom is -0.456 e. The second-order valence-electron chi connectivity index (χ2n) is 10.6. The first-order valence-corrected chi connectivity index (χ1v) is 14.2. The van der Waals surface area contributed by atoms with Crippen molar-refractivity contribution in [3.63, 3.8) is 0 Å². The highest BCUT2D eigenvalue weighted by Gasteiger charge is 2.20. The number of benzene rings is 5. The van der Waals surface area contributed by atoms with E-state index in [2.05, 4.69) is 40.3 Å². The first-order valence-electron chi connectivity index (χ1n) is 14.2. The van der Waals surface area contributed by atoms with E-state index in [1.54, 1.807) is 0 Å². The van der Waals surface area contributed by atoms with E-state index in [0.717, 1.165) is 55.0 Å². The molecule has 0 radical (unpaired) electrons. The summed E-state index contributed by atoms with van der Waals surface area (Å²) < 4.78 is 12.3. The molecule has 44 heavy (non-hydrogen) atoms. The third-order valence-corrected chi connectivity index (χ3v) is 7.89. The molecule has 7 nitrogen and oxygen atoms in total. The van der Waals surface area contributed by atoms with Crippen LogP contribution in [0.25, 0.3) is 89.4 Å².